The van der Waals surface area contributed by atoms with Gasteiger partial charge in [0.05, 0.1) is 12.9 Å². The van der Waals surface area contributed by atoms with Gasteiger partial charge in [0.25, 0.3) is 0 Å². The number of fused-ring (bicyclic) bond motifs is 1. The molecule has 0 radical (unpaired) electrons. The SMILES string of the molecule is COC1=CC=C2N=CC=C(Br)C2C1C. The Labute approximate surface area is 92.2 Å². The van der Waals surface area contributed by atoms with Crippen molar-refractivity contribution in [3.63, 3.8) is 0 Å². The van der Waals surface area contributed by atoms with Gasteiger partial charge >= 0.3 is 0 Å². The van der Waals surface area contributed by atoms with E-state index in [4.69, 9.17) is 4.74 Å². The summed E-state index contributed by atoms with van der Waals surface area (Å²) in [5.74, 6) is 1.68. The minimum Gasteiger partial charge on any atom is -0.501 e. The summed E-state index contributed by atoms with van der Waals surface area (Å²) in [7, 11) is 1.71. The van der Waals surface area contributed by atoms with Crippen molar-refractivity contribution in [1.29, 1.82) is 0 Å². The fourth-order valence-corrected chi connectivity index (χ4v) is 2.65. The zero-order valence-corrected chi connectivity index (χ0v) is 9.78. The summed E-state index contributed by atoms with van der Waals surface area (Å²) in [6.07, 6.45) is 7.84. The lowest BCUT2D eigenvalue weighted by atomic mass is 9.84. The van der Waals surface area contributed by atoms with Gasteiger partial charge in [-0.2, -0.15) is 0 Å². The Morgan fingerprint density at radius 3 is 2.86 bits per heavy atom. The minimum atomic E-state index is 0.319. The third kappa shape index (κ3) is 1.46. The Bertz CT molecular complexity index is 365. The van der Waals surface area contributed by atoms with E-state index < -0.39 is 0 Å². The van der Waals surface area contributed by atoms with E-state index in [1.165, 1.54) is 4.48 Å². The van der Waals surface area contributed by atoms with Crippen molar-refractivity contribution in [3.8, 4) is 0 Å². The lowest BCUT2D eigenvalue weighted by molar-refractivity contribution is 0.230. The lowest BCUT2D eigenvalue weighted by Gasteiger charge is -2.29. The first-order chi connectivity index (χ1) is 6.74. The Kier molecular flexibility index (Phi) is 2.59. The number of ether oxygens (including phenoxy) is 1. The summed E-state index contributed by atoms with van der Waals surface area (Å²) in [6.45, 7) is 2.16. The standard InChI is InChI=1S/C11H12BrNO/c1-7-10(14-2)4-3-9-11(7)8(12)5-6-13-9/h3-7,11H,1-2H3. The maximum atomic E-state index is 5.32. The molecule has 0 bridgehead atoms. The zero-order chi connectivity index (χ0) is 10.1. The number of halogens is 1. The number of allylic oxidation sites excluding steroid dienone is 5. The Hall–Kier alpha value is -0.830. The number of hydrogen-bond acceptors (Lipinski definition) is 2. The van der Waals surface area contributed by atoms with Crippen molar-refractivity contribution in [3.05, 3.63) is 34.2 Å². The van der Waals surface area contributed by atoms with E-state index in [0.29, 0.717) is 11.8 Å². The molecule has 2 atom stereocenters. The molecule has 0 fully saturated rings. The summed E-state index contributed by atoms with van der Waals surface area (Å²) in [4.78, 5) is 4.35. The van der Waals surface area contributed by atoms with Gasteiger partial charge in [-0.15, -0.1) is 0 Å². The van der Waals surface area contributed by atoms with Crippen LogP contribution in [0, 0.1) is 11.8 Å². The van der Waals surface area contributed by atoms with E-state index in [2.05, 4.69) is 27.8 Å². The Balaban J connectivity index is 2.39. The highest BCUT2D eigenvalue weighted by molar-refractivity contribution is 9.11. The molecule has 74 valence electrons. The minimum absolute atomic E-state index is 0.319. The molecule has 0 saturated carbocycles. The molecule has 1 aliphatic heterocycles. The maximum absolute atomic E-state index is 5.32. The molecule has 3 heteroatoms. The number of methoxy groups -OCH3 is 1. The van der Waals surface area contributed by atoms with Crippen LogP contribution in [0.2, 0.25) is 0 Å². The van der Waals surface area contributed by atoms with Crippen LogP contribution >= 0.6 is 15.9 Å². The second-order valence-corrected chi connectivity index (χ2v) is 4.38. The van der Waals surface area contributed by atoms with Crippen molar-refractivity contribution in [2.24, 2.45) is 16.8 Å². The number of hydrogen-bond donors (Lipinski definition) is 0. The van der Waals surface area contributed by atoms with Gasteiger partial charge in [-0.1, -0.05) is 22.9 Å². The molecule has 0 spiro atoms. The number of dihydropyridines is 1. The van der Waals surface area contributed by atoms with Gasteiger partial charge in [0, 0.05) is 28.2 Å². The third-order valence-corrected chi connectivity index (χ3v) is 3.43. The molecular formula is C11H12BrNO. The van der Waals surface area contributed by atoms with Gasteiger partial charge in [0.15, 0.2) is 0 Å². The third-order valence-electron chi connectivity index (χ3n) is 2.68. The van der Waals surface area contributed by atoms with E-state index in [0.717, 1.165) is 11.5 Å². The first-order valence-electron chi connectivity index (χ1n) is 4.59. The predicted molar refractivity (Wildman–Crippen MR) is 61.3 cm³/mol. The molecule has 0 aromatic carbocycles. The predicted octanol–water partition coefficient (Wildman–Crippen LogP) is 3.03. The monoisotopic (exact) mass is 253 g/mol. The maximum Gasteiger partial charge on any atom is 0.0994 e. The van der Waals surface area contributed by atoms with Gasteiger partial charge < -0.3 is 4.74 Å². The summed E-state index contributed by atoms with van der Waals surface area (Å²) in [5, 5.41) is 0. The molecule has 0 N–H and O–H groups in total. The quantitative estimate of drug-likeness (QED) is 0.704. The molecular weight excluding hydrogens is 242 g/mol. The van der Waals surface area contributed by atoms with Crippen LogP contribution in [-0.2, 0) is 4.74 Å². The lowest BCUT2D eigenvalue weighted by Crippen LogP contribution is -2.21. The summed E-state index contributed by atoms with van der Waals surface area (Å²) >= 11 is 3.57. The molecule has 2 aliphatic rings. The van der Waals surface area contributed by atoms with Gasteiger partial charge in [-0.05, 0) is 18.2 Å². The smallest absolute Gasteiger partial charge is 0.0994 e. The summed E-state index contributed by atoms with van der Waals surface area (Å²) < 4.78 is 6.49. The number of rotatable bonds is 1. The molecule has 2 unspecified atom stereocenters. The van der Waals surface area contributed by atoms with E-state index in [9.17, 15) is 0 Å². The molecule has 0 aromatic rings. The molecule has 14 heavy (non-hydrogen) atoms. The number of nitrogens with zero attached hydrogens (tertiary/aromatic N) is 1. The molecule has 0 aromatic heterocycles. The van der Waals surface area contributed by atoms with Crippen LogP contribution in [0.5, 0.6) is 0 Å². The second-order valence-electron chi connectivity index (χ2n) is 3.46. The van der Waals surface area contributed by atoms with Crippen molar-refractivity contribution >= 4 is 22.1 Å². The summed E-state index contributed by atoms with van der Waals surface area (Å²) in [5.41, 5.74) is 1.10. The molecule has 1 aliphatic carbocycles. The molecule has 1 heterocycles. The summed E-state index contributed by atoms with van der Waals surface area (Å²) in [6, 6.07) is 0. The van der Waals surface area contributed by atoms with Crippen LogP contribution in [0.3, 0.4) is 0 Å². The second kappa shape index (κ2) is 3.73. The van der Waals surface area contributed by atoms with Gasteiger partial charge in [0.2, 0.25) is 0 Å². The van der Waals surface area contributed by atoms with Crippen LogP contribution in [0.4, 0.5) is 0 Å². The van der Waals surface area contributed by atoms with Gasteiger partial charge in [-0.3, -0.25) is 4.99 Å². The highest BCUT2D eigenvalue weighted by Crippen LogP contribution is 2.40. The molecule has 2 nitrogen and oxygen atoms in total. The molecule has 0 saturated heterocycles. The Morgan fingerprint density at radius 2 is 2.14 bits per heavy atom. The van der Waals surface area contributed by atoms with Gasteiger partial charge in [0.1, 0.15) is 0 Å². The fourth-order valence-electron chi connectivity index (χ4n) is 1.90. The molecule has 0 amide bonds. The highest BCUT2D eigenvalue weighted by atomic mass is 79.9. The fraction of sp³-hybridized carbons (Fsp3) is 0.364. The van der Waals surface area contributed by atoms with Crippen LogP contribution in [0.25, 0.3) is 0 Å². The normalized spacial score (nSPS) is 30.1. The van der Waals surface area contributed by atoms with Crippen molar-refractivity contribution < 1.29 is 4.74 Å². The number of aliphatic imine (C=N–C) groups is 1. The van der Waals surface area contributed by atoms with E-state index >= 15 is 0 Å². The van der Waals surface area contributed by atoms with Crippen LogP contribution in [0.15, 0.2) is 39.2 Å². The van der Waals surface area contributed by atoms with E-state index in [-0.39, 0.29) is 0 Å². The average Bonchev–Trinajstić information content (AvgIpc) is 2.18. The van der Waals surface area contributed by atoms with Crippen molar-refractivity contribution in [1.82, 2.24) is 0 Å². The Morgan fingerprint density at radius 1 is 1.36 bits per heavy atom. The van der Waals surface area contributed by atoms with Crippen molar-refractivity contribution in [2.75, 3.05) is 7.11 Å². The largest absolute Gasteiger partial charge is 0.501 e. The molecule has 2 rings (SSSR count). The zero-order valence-electron chi connectivity index (χ0n) is 8.20. The highest BCUT2D eigenvalue weighted by Gasteiger charge is 2.30. The van der Waals surface area contributed by atoms with Crippen molar-refractivity contribution in [2.45, 2.75) is 6.92 Å². The van der Waals surface area contributed by atoms with Crippen LogP contribution < -0.4 is 0 Å². The van der Waals surface area contributed by atoms with Gasteiger partial charge in [-0.25, -0.2) is 0 Å². The average molecular weight is 254 g/mol. The first-order valence-corrected chi connectivity index (χ1v) is 5.39. The van der Waals surface area contributed by atoms with Crippen LogP contribution in [0.1, 0.15) is 6.92 Å². The topological polar surface area (TPSA) is 21.6 Å². The van der Waals surface area contributed by atoms with E-state index in [1.807, 2.05) is 24.4 Å². The van der Waals surface area contributed by atoms with E-state index in [1.54, 1.807) is 7.11 Å². The van der Waals surface area contributed by atoms with Crippen LogP contribution in [-0.4, -0.2) is 13.3 Å². The first kappa shape index (κ1) is 9.71.